The lowest BCUT2D eigenvalue weighted by atomic mass is 9.77. The third-order valence-corrected chi connectivity index (χ3v) is 6.58. The minimum absolute atomic E-state index is 0.110. The molecule has 1 aromatic heterocycles. The van der Waals surface area contributed by atoms with Crippen LogP contribution in [0.15, 0.2) is 16.5 Å². The summed E-state index contributed by atoms with van der Waals surface area (Å²) in [5, 5.41) is 11.9. The molecule has 1 amide bonds. The Morgan fingerprint density at radius 2 is 1.93 bits per heavy atom. The zero-order valence-corrected chi connectivity index (χ0v) is 16.3. The second kappa shape index (κ2) is 6.78. The van der Waals surface area contributed by atoms with E-state index in [0.29, 0.717) is 44.1 Å². The Morgan fingerprint density at radius 3 is 2.68 bits per heavy atom. The fourth-order valence-electron chi connectivity index (χ4n) is 5.12. The van der Waals surface area contributed by atoms with Gasteiger partial charge >= 0.3 is 0 Å². The average Bonchev–Trinajstić information content (AvgIpc) is 3.05. The van der Waals surface area contributed by atoms with Gasteiger partial charge in [-0.1, -0.05) is 6.42 Å². The van der Waals surface area contributed by atoms with Crippen LogP contribution in [0, 0.1) is 6.92 Å². The molecule has 28 heavy (non-hydrogen) atoms. The minimum atomic E-state index is -0.604. The molecule has 0 bridgehead atoms. The van der Waals surface area contributed by atoms with Crippen LogP contribution in [-0.4, -0.2) is 47.8 Å². The van der Waals surface area contributed by atoms with Crippen LogP contribution < -0.4 is 4.74 Å². The van der Waals surface area contributed by atoms with E-state index in [0.717, 1.165) is 47.9 Å². The highest BCUT2D eigenvalue weighted by Crippen LogP contribution is 2.49. The second-order valence-corrected chi connectivity index (χ2v) is 8.38. The van der Waals surface area contributed by atoms with E-state index in [4.69, 9.17) is 13.9 Å². The van der Waals surface area contributed by atoms with Crippen LogP contribution in [0.1, 0.15) is 66.3 Å². The molecular weight excluding hydrogens is 358 g/mol. The molecule has 1 aliphatic carbocycles. The fourth-order valence-corrected chi connectivity index (χ4v) is 5.12. The predicted molar refractivity (Wildman–Crippen MR) is 104 cm³/mol. The van der Waals surface area contributed by atoms with Gasteiger partial charge in [0.1, 0.15) is 16.9 Å². The monoisotopic (exact) mass is 385 g/mol. The third kappa shape index (κ3) is 2.81. The van der Waals surface area contributed by atoms with Crippen LogP contribution in [-0.2, 0) is 4.74 Å². The van der Waals surface area contributed by atoms with Crippen molar-refractivity contribution >= 4 is 16.9 Å². The first kappa shape index (κ1) is 18.0. The van der Waals surface area contributed by atoms with Crippen molar-refractivity contribution in [1.82, 2.24) is 4.90 Å². The quantitative estimate of drug-likeness (QED) is 0.810. The molecule has 5 rings (SSSR count). The Morgan fingerprint density at radius 1 is 1.18 bits per heavy atom. The molecule has 2 aromatic rings. The maximum Gasteiger partial charge on any atom is 0.290 e. The van der Waals surface area contributed by atoms with Crippen molar-refractivity contribution in [3.63, 3.8) is 0 Å². The lowest BCUT2D eigenvalue weighted by Crippen LogP contribution is -2.42. The summed E-state index contributed by atoms with van der Waals surface area (Å²) in [4.78, 5) is 14.7. The number of nitrogens with zero attached hydrogens (tertiary/aromatic N) is 1. The summed E-state index contributed by atoms with van der Waals surface area (Å²) in [5.74, 6) is 0.985. The highest BCUT2D eigenvalue weighted by molar-refractivity contribution is 6.00. The number of carbonyl (C=O) groups is 1. The Hall–Kier alpha value is -2.05. The first-order valence-corrected chi connectivity index (χ1v) is 10.4. The minimum Gasteiger partial charge on any atom is -0.487 e. The summed E-state index contributed by atoms with van der Waals surface area (Å²) in [6, 6.07) is 3.76. The summed E-state index contributed by atoms with van der Waals surface area (Å²) in [6.07, 6.45) is 5.52. The summed E-state index contributed by atoms with van der Waals surface area (Å²) >= 11 is 0. The Balaban J connectivity index is 1.55. The van der Waals surface area contributed by atoms with E-state index in [1.54, 1.807) is 4.90 Å². The molecule has 3 heterocycles. The van der Waals surface area contributed by atoms with Crippen molar-refractivity contribution in [3.05, 3.63) is 29.0 Å². The van der Waals surface area contributed by atoms with Crippen LogP contribution >= 0.6 is 0 Å². The number of amides is 1. The molecule has 150 valence electrons. The zero-order chi connectivity index (χ0) is 19.3. The Labute approximate surface area is 164 Å². The van der Waals surface area contributed by atoms with E-state index in [1.165, 1.54) is 6.42 Å². The van der Waals surface area contributed by atoms with Crippen molar-refractivity contribution in [3.8, 4) is 5.75 Å². The van der Waals surface area contributed by atoms with Crippen molar-refractivity contribution in [1.29, 1.82) is 0 Å². The topological polar surface area (TPSA) is 72.1 Å². The number of aliphatic hydroxyl groups is 1. The summed E-state index contributed by atoms with van der Waals surface area (Å²) in [5.41, 5.74) is 1.94. The molecule has 1 saturated carbocycles. The largest absolute Gasteiger partial charge is 0.487 e. The van der Waals surface area contributed by atoms with Crippen molar-refractivity contribution in [2.45, 2.75) is 57.2 Å². The summed E-state index contributed by atoms with van der Waals surface area (Å²) < 4.78 is 17.8. The molecule has 6 heteroatoms. The Bertz CT molecular complexity index is 905. The van der Waals surface area contributed by atoms with Gasteiger partial charge in [0, 0.05) is 36.0 Å². The number of fused-ring (bicyclic) bond motifs is 3. The second-order valence-electron chi connectivity index (χ2n) is 8.38. The van der Waals surface area contributed by atoms with Crippen molar-refractivity contribution in [2.75, 3.05) is 26.3 Å². The molecule has 2 fully saturated rings. The maximum absolute atomic E-state index is 13.0. The zero-order valence-electron chi connectivity index (χ0n) is 16.3. The van der Waals surface area contributed by atoms with Gasteiger partial charge in [-0.05, 0) is 44.7 Å². The Kier molecular flexibility index (Phi) is 4.36. The number of carbonyl (C=O) groups excluding carboxylic acids is 1. The predicted octanol–water partition coefficient (Wildman–Crippen LogP) is 3.73. The number of furan rings is 1. The molecule has 2 aliphatic heterocycles. The van der Waals surface area contributed by atoms with Crippen molar-refractivity contribution < 1.29 is 23.8 Å². The number of rotatable bonds is 1. The normalized spacial score (nSPS) is 24.2. The summed E-state index contributed by atoms with van der Waals surface area (Å²) in [7, 11) is 0. The lowest BCUT2D eigenvalue weighted by molar-refractivity contribution is -0.0373. The van der Waals surface area contributed by atoms with Crippen LogP contribution in [0.5, 0.6) is 5.75 Å². The van der Waals surface area contributed by atoms with E-state index in [2.05, 4.69) is 0 Å². The van der Waals surface area contributed by atoms with Gasteiger partial charge in [0.2, 0.25) is 0 Å². The summed E-state index contributed by atoms with van der Waals surface area (Å²) in [6.45, 7) is 4.14. The van der Waals surface area contributed by atoms with Gasteiger partial charge in [-0.25, -0.2) is 0 Å². The first-order chi connectivity index (χ1) is 13.6. The number of morpholine rings is 1. The molecule has 1 aromatic carbocycles. The maximum atomic E-state index is 13.0. The highest BCUT2D eigenvalue weighted by Gasteiger charge is 2.42. The molecule has 0 radical (unpaired) electrons. The number of aliphatic hydroxyl groups excluding tert-OH is 1. The molecular formula is C22H27NO5. The van der Waals surface area contributed by atoms with Crippen LogP contribution in [0.4, 0.5) is 0 Å². The smallest absolute Gasteiger partial charge is 0.290 e. The number of ether oxygens (including phenoxy) is 2. The molecule has 3 aliphatic rings. The van der Waals surface area contributed by atoms with Crippen LogP contribution in [0.3, 0.4) is 0 Å². The molecule has 1 atom stereocenters. The molecule has 0 unspecified atom stereocenters. The third-order valence-electron chi connectivity index (χ3n) is 6.58. The molecule has 1 spiro atoms. The van der Waals surface area contributed by atoms with Crippen LogP contribution in [0.2, 0.25) is 0 Å². The fraction of sp³-hybridized carbons (Fsp3) is 0.591. The SMILES string of the molecule is Cc1c(C(=O)N2CCOCC2)oc2ccc3c(c12)[C@@H](O)CC1(CCCCC1)O3. The van der Waals surface area contributed by atoms with Gasteiger partial charge in [-0.15, -0.1) is 0 Å². The van der Waals surface area contributed by atoms with E-state index in [1.807, 2.05) is 19.1 Å². The number of aryl methyl sites for hydroxylation is 1. The van der Waals surface area contributed by atoms with Crippen molar-refractivity contribution in [2.24, 2.45) is 0 Å². The first-order valence-electron chi connectivity index (χ1n) is 10.4. The van der Waals surface area contributed by atoms with E-state index < -0.39 is 6.10 Å². The van der Waals surface area contributed by atoms with Gasteiger partial charge in [-0.3, -0.25) is 4.79 Å². The molecule has 1 saturated heterocycles. The van der Waals surface area contributed by atoms with Gasteiger partial charge in [-0.2, -0.15) is 0 Å². The van der Waals surface area contributed by atoms with E-state index in [9.17, 15) is 9.90 Å². The van der Waals surface area contributed by atoms with E-state index >= 15 is 0 Å². The lowest BCUT2D eigenvalue weighted by Gasteiger charge is -2.43. The van der Waals surface area contributed by atoms with Gasteiger partial charge in [0.15, 0.2) is 5.76 Å². The average molecular weight is 385 g/mol. The molecule has 6 nitrogen and oxygen atoms in total. The number of hydrogen-bond acceptors (Lipinski definition) is 5. The van der Waals surface area contributed by atoms with Gasteiger partial charge in [0.05, 0.1) is 19.3 Å². The number of benzene rings is 1. The highest BCUT2D eigenvalue weighted by atomic mass is 16.5. The standard InChI is InChI=1S/C22H27NO5/c1-14-18-16(27-20(14)21(25)23-9-11-26-12-10-23)5-6-17-19(18)15(24)13-22(28-17)7-3-2-4-8-22/h5-6,15,24H,2-4,7-13H2,1H3/t15-/m0/s1. The van der Waals surface area contributed by atoms with Crippen LogP contribution in [0.25, 0.3) is 11.0 Å². The van der Waals surface area contributed by atoms with Gasteiger partial charge < -0.3 is 23.9 Å². The van der Waals surface area contributed by atoms with E-state index in [-0.39, 0.29) is 11.5 Å². The molecule has 1 N–H and O–H groups in total. The van der Waals surface area contributed by atoms with Gasteiger partial charge in [0.25, 0.3) is 5.91 Å². The number of hydrogen-bond donors (Lipinski definition) is 1.